The normalized spacial score (nSPS) is 12.4. The Morgan fingerprint density at radius 3 is 3.06 bits per heavy atom. The predicted octanol–water partition coefficient (Wildman–Crippen LogP) is 0.975. The van der Waals surface area contributed by atoms with Gasteiger partial charge >= 0.3 is 0 Å². The molecule has 96 valence electrons. The van der Waals surface area contributed by atoms with Crippen LogP contribution in [0, 0.1) is 0 Å². The number of hydrogen-bond acceptors (Lipinski definition) is 5. The van der Waals surface area contributed by atoms with Gasteiger partial charge in [-0.25, -0.2) is 0 Å². The van der Waals surface area contributed by atoms with Crippen LogP contribution in [0.4, 0.5) is 5.69 Å². The van der Waals surface area contributed by atoms with Gasteiger partial charge in [0.25, 0.3) is 0 Å². The molecule has 0 amide bonds. The van der Waals surface area contributed by atoms with Crippen molar-refractivity contribution in [2.75, 3.05) is 25.5 Å². The van der Waals surface area contributed by atoms with Crippen LogP contribution in [0.15, 0.2) is 30.5 Å². The summed E-state index contributed by atoms with van der Waals surface area (Å²) in [5.74, 6) is 0.750. The number of nitrogens with two attached hydrogens (primary N) is 1. The number of methoxy groups -OCH3 is 1. The number of hydrogen-bond donors (Lipinski definition) is 3. The molecule has 1 aromatic carbocycles. The molecule has 1 atom stereocenters. The summed E-state index contributed by atoms with van der Waals surface area (Å²) in [6.07, 6.45) is 1.16. The highest BCUT2D eigenvalue weighted by atomic mass is 16.5. The number of pyridine rings is 1. The quantitative estimate of drug-likeness (QED) is 0.733. The predicted molar refractivity (Wildman–Crippen MR) is 71.8 cm³/mol. The zero-order valence-electron chi connectivity index (χ0n) is 10.3. The van der Waals surface area contributed by atoms with Crippen LogP contribution in [0.2, 0.25) is 0 Å². The van der Waals surface area contributed by atoms with E-state index < -0.39 is 6.10 Å². The molecule has 0 aliphatic heterocycles. The van der Waals surface area contributed by atoms with E-state index in [2.05, 4.69) is 10.3 Å². The molecule has 2 aromatic rings. The highest BCUT2D eigenvalue weighted by Crippen LogP contribution is 2.27. The average Bonchev–Trinajstić information content (AvgIpc) is 2.43. The lowest BCUT2D eigenvalue weighted by Gasteiger charge is -2.13. The summed E-state index contributed by atoms with van der Waals surface area (Å²) in [6.45, 7) is 0.609. The third kappa shape index (κ3) is 2.69. The van der Waals surface area contributed by atoms with Crippen molar-refractivity contribution in [1.82, 2.24) is 4.98 Å². The Balaban J connectivity index is 2.34. The first-order chi connectivity index (χ1) is 8.74. The van der Waals surface area contributed by atoms with Crippen LogP contribution in [0.25, 0.3) is 10.9 Å². The van der Waals surface area contributed by atoms with E-state index in [-0.39, 0.29) is 6.54 Å². The van der Waals surface area contributed by atoms with E-state index in [1.165, 1.54) is 0 Å². The fraction of sp³-hybridized carbons (Fsp3) is 0.308. The largest absolute Gasteiger partial charge is 0.497 e. The van der Waals surface area contributed by atoms with E-state index in [9.17, 15) is 5.11 Å². The third-order valence-corrected chi connectivity index (χ3v) is 2.71. The van der Waals surface area contributed by atoms with Crippen molar-refractivity contribution < 1.29 is 9.84 Å². The van der Waals surface area contributed by atoms with Gasteiger partial charge in [0, 0.05) is 30.7 Å². The molecular weight excluding hydrogens is 230 g/mol. The van der Waals surface area contributed by atoms with Gasteiger partial charge in [-0.3, -0.25) is 4.98 Å². The van der Waals surface area contributed by atoms with Gasteiger partial charge in [0.2, 0.25) is 0 Å². The zero-order chi connectivity index (χ0) is 13.0. The van der Waals surface area contributed by atoms with Crippen LogP contribution >= 0.6 is 0 Å². The average molecular weight is 247 g/mol. The van der Waals surface area contributed by atoms with Gasteiger partial charge in [-0.1, -0.05) is 6.07 Å². The highest BCUT2D eigenvalue weighted by molar-refractivity contribution is 5.91. The van der Waals surface area contributed by atoms with Gasteiger partial charge in [0.05, 0.1) is 24.4 Å². The molecule has 0 radical (unpaired) electrons. The summed E-state index contributed by atoms with van der Waals surface area (Å²) in [7, 11) is 1.62. The zero-order valence-corrected chi connectivity index (χ0v) is 10.3. The lowest BCUT2D eigenvalue weighted by Crippen LogP contribution is -2.27. The maximum atomic E-state index is 9.48. The second-order valence-corrected chi connectivity index (χ2v) is 4.02. The van der Waals surface area contributed by atoms with Crippen molar-refractivity contribution in [2.24, 2.45) is 5.73 Å². The first-order valence-corrected chi connectivity index (χ1v) is 5.79. The van der Waals surface area contributed by atoms with Crippen LogP contribution in [0.1, 0.15) is 0 Å². The lowest BCUT2D eigenvalue weighted by molar-refractivity contribution is 0.196. The number of nitrogens with zero attached hydrogens (tertiary/aromatic N) is 1. The van der Waals surface area contributed by atoms with Crippen LogP contribution in [-0.2, 0) is 0 Å². The van der Waals surface area contributed by atoms with E-state index >= 15 is 0 Å². The molecular formula is C13H17N3O2. The van der Waals surface area contributed by atoms with Gasteiger partial charge in [0.1, 0.15) is 5.75 Å². The van der Waals surface area contributed by atoms with Crippen molar-refractivity contribution in [1.29, 1.82) is 0 Å². The SMILES string of the molecule is COc1cc(NCC(O)CN)c2ncccc2c1. The molecule has 0 aliphatic rings. The fourth-order valence-electron chi connectivity index (χ4n) is 1.73. The van der Waals surface area contributed by atoms with Gasteiger partial charge in [-0.15, -0.1) is 0 Å². The van der Waals surface area contributed by atoms with E-state index in [1.54, 1.807) is 13.3 Å². The molecule has 0 fully saturated rings. The first kappa shape index (κ1) is 12.6. The van der Waals surface area contributed by atoms with Crippen LogP contribution < -0.4 is 15.8 Å². The summed E-state index contributed by atoms with van der Waals surface area (Å²) in [4.78, 5) is 4.33. The third-order valence-electron chi connectivity index (χ3n) is 2.71. The van der Waals surface area contributed by atoms with Gasteiger partial charge in [-0.05, 0) is 12.1 Å². The highest BCUT2D eigenvalue weighted by Gasteiger charge is 2.07. The van der Waals surface area contributed by atoms with E-state index in [0.717, 1.165) is 22.3 Å². The van der Waals surface area contributed by atoms with Gasteiger partial charge in [-0.2, -0.15) is 0 Å². The molecule has 1 unspecified atom stereocenters. The second kappa shape index (κ2) is 5.66. The van der Waals surface area contributed by atoms with E-state index in [1.807, 2.05) is 24.3 Å². The molecule has 0 saturated carbocycles. The number of aliphatic hydroxyl groups excluding tert-OH is 1. The molecule has 1 aromatic heterocycles. The minimum Gasteiger partial charge on any atom is -0.497 e. The molecule has 4 N–H and O–H groups in total. The molecule has 2 rings (SSSR count). The number of anilines is 1. The number of rotatable bonds is 5. The van der Waals surface area contributed by atoms with Gasteiger partial charge < -0.3 is 20.9 Å². The van der Waals surface area contributed by atoms with Crippen LogP contribution in [-0.4, -0.2) is 36.4 Å². The summed E-state index contributed by atoms with van der Waals surface area (Å²) in [5, 5.41) is 13.6. The summed E-state index contributed by atoms with van der Waals surface area (Å²) in [6, 6.07) is 7.63. The van der Waals surface area contributed by atoms with Gasteiger partial charge in [0.15, 0.2) is 0 Å². The van der Waals surface area contributed by atoms with E-state index in [4.69, 9.17) is 10.5 Å². The Bertz CT molecular complexity index is 531. The molecule has 0 aliphatic carbocycles. The molecule has 18 heavy (non-hydrogen) atoms. The molecule has 0 saturated heterocycles. The number of ether oxygens (including phenoxy) is 1. The van der Waals surface area contributed by atoms with Crippen LogP contribution in [0.3, 0.4) is 0 Å². The minimum absolute atomic E-state index is 0.225. The second-order valence-electron chi connectivity index (χ2n) is 4.02. The van der Waals surface area contributed by atoms with E-state index in [0.29, 0.717) is 6.54 Å². The Kier molecular flexibility index (Phi) is 3.96. The smallest absolute Gasteiger partial charge is 0.121 e. The molecule has 1 heterocycles. The summed E-state index contributed by atoms with van der Waals surface area (Å²) < 4.78 is 5.24. The number of nitrogens with one attached hydrogen (secondary N) is 1. The number of aromatic nitrogens is 1. The maximum Gasteiger partial charge on any atom is 0.121 e. The Morgan fingerprint density at radius 1 is 1.50 bits per heavy atom. The molecule has 0 bridgehead atoms. The standard InChI is InChI=1S/C13H17N3O2/c1-18-11-5-9-3-2-4-15-13(9)12(6-11)16-8-10(17)7-14/h2-6,10,16-17H,7-8,14H2,1H3. The molecule has 5 nitrogen and oxygen atoms in total. The Morgan fingerprint density at radius 2 is 2.33 bits per heavy atom. The topological polar surface area (TPSA) is 80.4 Å². The molecule has 5 heteroatoms. The minimum atomic E-state index is -0.574. The first-order valence-electron chi connectivity index (χ1n) is 5.79. The number of benzene rings is 1. The summed E-state index contributed by atoms with van der Waals surface area (Å²) in [5.41, 5.74) is 7.06. The fourth-order valence-corrected chi connectivity index (χ4v) is 1.73. The van der Waals surface area contributed by atoms with Crippen molar-refractivity contribution in [3.05, 3.63) is 30.5 Å². The number of fused-ring (bicyclic) bond motifs is 1. The monoisotopic (exact) mass is 247 g/mol. The maximum absolute atomic E-state index is 9.48. The Hall–Kier alpha value is -1.85. The van der Waals surface area contributed by atoms with Crippen LogP contribution in [0.5, 0.6) is 5.75 Å². The Labute approximate surface area is 106 Å². The lowest BCUT2D eigenvalue weighted by atomic mass is 10.1. The van der Waals surface area contributed by atoms with Crippen molar-refractivity contribution in [3.8, 4) is 5.75 Å². The molecule has 0 spiro atoms. The van der Waals surface area contributed by atoms with Crippen molar-refractivity contribution in [2.45, 2.75) is 6.10 Å². The summed E-state index contributed by atoms with van der Waals surface area (Å²) >= 11 is 0. The van der Waals surface area contributed by atoms with Crippen molar-refractivity contribution in [3.63, 3.8) is 0 Å². The number of aliphatic hydroxyl groups is 1. The van der Waals surface area contributed by atoms with Crippen molar-refractivity contribution >= 4 is 16.6 Å².